The molecule has 1 aromatic heterocycles. The third kappa shape index (κ3) is 3.83. The lowest BCUT2D eigenvalue weighted by atomic mass is 10.1. The number of anilines is 1. The Morgan fingerprint density at radius 2 is 1.89 bits per heavy atom. The van der Waals surface area contributed by atoms with Crippen molar-refractivity contribution in [3.63, 3.8) is 0 Å². The molecule has 1 heterocycles. The zero-order chi connectivity index (χ0) is 20.3. The first kappa shape index (κ1) is 19.4. The molecule has 0 aliphatic rings. The van der Waals surface area contributed by atoms with Crippen LogP contribution < -0.4 is 9.64 Å². The van der Waals surface area contributed by atoms with Gasteiger partial charge >= 0.3 is 5.97 Å². The smallest absolute Gasteiger partial charge is 0.358 e. The average Bonchev–Trinajstić information content (AvgIpc) is 3.12. The van der Waals surface area contributed by atoms with Gasteiger partial charge in [-0.05, 0) is 30.3 Å². The van der Waals surface area contributed by atoms with Gasteiger partial charge in [-0.1, -0.05) is 18.2 Å². The molecular formula is C21H22FN3O3. The minimum Gasteiger partial charge on any atom is -0.497 e. The van der Waals surface area contributed by atoms with E-state index in [0.717, 1.165) is 11.3 Å². The summed E-state index contributed by atoms with van der Waals surface area (Å²) in [5.74, 6) is -0.216. The predicted molar refractivity (Wildman–Crippen MR) is 105 cm³/mol. The summed E-state index contributed by atoms with van der Waals surface area (Å²) >= 11 is 0. The highest BCUT2D eigenvalue weighted by atomic mass is 19.1. The molecule has 0 saturated carbocycles. The molecule has 6 nitrogen and oxygen atoms in total. The van der Waals surface area contributed by atoms with Gasteiger partial charge in [-0.3, -0.25) is 4.68 Å². The summed E-state index contributed by atoms with van der Waals surface area (Å²) in [5, 5.41) is 4.37. The van der Waals surface area contributed by atoms with E-state index < -0.39 is 5.97 Å². The maximum absolute atomic E-state index is 14.6. The first-order valence-corrected chi connectivity index (χ1v) is 8.70. The summed E-state index contributed by atoms with van der Waals surface area (Å²) < 4.78 is 26.3. The van der Waals surface area contributed by atoms with E-state index in [4.69, 9.17) is 9.47 Å². The van der Waals surface area contributed by atoms with Crippen molar-refractivity contribution in [3.05, 3.63) is 65.6 Å². The highest BCUT2D eigenvalue weighted by Gasteiger charge is 2.19. The molecule has 0 unspecified atom stereocenters. The second-order valence-corrected chi connectivity index (χ2v) is 6.43. The highest BCUT2D eigenvalue weighted by Crippen LogP contribution is 2.28. The molecule has 0 atom stereocenters. The number of carbonyl (C=O) groups is 1. The van der Waals surface area contributed by atoms with Gasteiger partial charge in [0.2, 0.25) is 0 Å². The summed E-state index contributed by atoms with van der Waals surface area (Å²) in [4.78, 5) is 13.9. The number of halogens is 1. The van der Waals surface area contributed by atoms with Gasteiger partial charge in [0.05, 0.1) is 26.5 Å². The van der Waals surface area contributed by atoms with Crippen molar-refractivity contribution in [1.82, 2.24) is 9.78 Å². The summed E-state index contributed by atoms with van der Waals surface area (Å²) in [6, 6.07) is 13.9. The Morgan fingerprint density at radius 3 is 2.57 bits per heavy atom. The van der Waals surface area contributed by atoms with Gasteiger partial charge in [-0.2, -0.15) is 5.10 Å². The van der Waals surface area contributed by atoms with E-state index in [2.05, 4.69) is 5.10 Å². The fourth-order valence-corrected chi connectivity index (χ4v) is 3.03. The Labute approximate surface area is 163 Å². The van der Waals surface area contributed by atoms with E-state index in [1.54, 1.807) is 23.9 Å². The molecule has 0 amide bonds. The number of hydrogen-bond acceptors (Lipinski definition) is 5. The van der Waals surface area contributed by atoms with Crippen molar-refractivity contribution >= 4 is 11.7 Å². The van der Waals surface area contributed by atoms with Gasteiger partial charge in [0.15, 0.2) is 5.69 Å². The van der Waals surface area contributed by atoms with Crippen LogP contribution in [-0.4, -0.2) is 44.1 Å². The second kappa shape index (κ2) is 8.12. The Bertz CT molecular complexity index is 998. The number of rotatable bonds is 6. The Morgan fingerprint density at radius 1 is 1.14 bits per heavy atom. The number of esters is 1. The molecule has 0 N–H and O–H groups in total. The maximum Gasteiger partial charge on any atom is 0.358 e. The van der Waals surface area contributed by atoms with Crippen molar-refractivity contribution in [2.45, 2.75) is 6.54 Å². The monoisotopic (exact) mass is 383 g/mol. The molecule has 28 heavy (non-hydrogen) atoms. The van der Waals surface area contributed by atoms with Crippen molar-refractivity contribution in [2.24, 2.45) is 0 Å². The molecule has 7 heteroatoms. The van der Waals surface area contributed by atoms with Crippen molar-refractivity contribution < 1.29 is 18.7 Å². The molecule has 0 fully saturated rings. The zero-order valence-electron chi connectivity index (χ0n) is 16.3. The molecule has 3 rings (SSSR count). The summed E-state index contributed by atoms with van der Waals surface area (Å²) in [5.41, 5.74) is 2.84. The van der Waals surface area contributed by atoms with Crippen LogP contribution in [0, 0.1) is 5.82 Å². The largest absolute Gasteiger partial charge is 0.497 e. The van der Waals surface area contributed by atoms with Crippen LogP contribution >= 0.6 is 0 Å². The number of benzene rings is 2. The summed E-state index contributed by atoms with van der Waals surface area (Å²) in [7, 11) is 6.58. The Hall–Kier alpha value is -3.35. The van der Waals surface area contributed by atoms with Crippen molar-refractivity contribution in [2.75, 3.05) is 33.2 Å². The number of nitrogens with zero attached hydrogens (tertiary/aromatic N) is 3. The Balaban J connectivity index is 2.13. The molecule has 0 saturated heterocycles. The van der Waals surface area contributed by atoms with Gasteiger partial charge in [0, 0.05) is 30.9 Å². The highest BCUT2D eigenvalue weighted by molar-refractivity contribution is 5.88. The van der Waals surface area contributed by atoms with E-state index in [0.29, 0.717) is 17.0 Å². The SMILES string of the molecule is COC(=O)c1cc(-c2cccc(OC)c2)n(Cc2c(F)cccc2N(C)C)n1. The van der Waals surface area contributed by atoms with E-state index in [-0.39, 0.29) is 18.1 Å². The van der Waals surface area contributed by atoms with E-state index in [1.165, 1.54) is 13.2 Å². The van der Waals surface area contributed by atoms with Crippen LogP contribution in [0.4, 0.5) is 10.1 Å². The van der Waals surface area contributed by atoms with Crippen LogP contribution in [0.3, 0.4) is 0 Å². The summed E-state index contributed by atoms with van der Waals surface area (Å²) in [6.07, 6.45) is 0. The number of ether oxygens (including phenoxy) is 2. The van der Waals surface area contributed by atoms with Gasteiger partial charge in [-0.25, -0.2) is 9.18 Å². The maximum atomic E-state index is 14.6. The number of carbonyl (C=O) groups excluding carboxylic acids is 1. The van der Waals surface area contributed by atoms with Gasteiger partial charge in [0.25, 0.3) is 0 Å². The van der Waals surface area contributed by atoms with Gasteiger partial charge in [0.1, 0.15) is 11.6 Å². The topological polar surface area (TPSA) is 56.6 Å². The molecule has 2 aromatic carbocycles. The van der Waals surface area contributed by atoms with Crippen LogP contribution in [0.25, 0.3) is 11.3 Å². The third-order valence-corrected chi connectivity index (χ3v) is 4.42. The number of aromatic nitrogens is 2. The molecule has 0 spiro atoms. The van der Waals surface area contributed by atoms with E-state index in [1.807, 2.05) is 49.3 Å². The fraction of sp³-hybridized carbons (Fsp3) is 0.238. The molecule has 0 bridgehead atoms. The van der Waals surface area contributed by atoms with E-state index >= 15 is 0 Å². The molecular weight excluding hydrogens is 361 g/mol. The van der Waals surface area contributed by atoms with Crippen LogP contribution in [0.1, 0.15) is 16.1 Å². The molecule has 3 aromatic rings. The average molecular weight is 383 g/mol. The zero-order valence-corrected chi connectivity index (χ0v) is 16.3. The number of hydrogen-bond donors (Lipinski definition) is 0. The van der Waals surface area contributed by atoms with Crippen LogP contribution in [-0.2, 0) is 11.3 Å². The van der Waals surface area contributed by atoms with Crippen LogP contribution in [0.2, 0.25) is 0 Å². The van der Waals surface area contributed by atoms with Crippen molar-refractivity contribution in [3.8, 4) is 17.0 Å². The lowest BCUT2D eigenvalue weighted by Gasteiger charge is -2.19. The lowest BCUT2D eigenvalue weighted by Crippen LogP contribution is -2.15. The van der Waals surface area contributed by atoms with Crippen LogP contribution in [0.15, 0.2) is 48.5 Å². The Kier molecular flexibility index (Phi) is 5.63. The molecule has 0 radical (unpaired) electrons. The predicted octanol–water partition coefficient (Wildman–Crippen LogP) is 3.60. The quantitative estimate of drug-likeness (QED) is 0.609. The number of methoxy groups -OCH3 is 2. The molecule has 0 aliphatic heterocycles. The lowest BCUT2D eigenvalue weighted by molar-refractivity contribution is 0.0593. The molecule has 146 valence electrons. The van der Waals surface area contributed by atoms with Crippen LogP contribution in [0.5, 0.6) is 5.75 Å². The minimum atomic E-state index is -0.552. The van der Waals surface area contributed by atoms with Gasteiger partial charge in [-0.15, -0.1) is 0 Å². The fourth-order valence-electron chi connectivity index (χ4n) is 3.03. The standard InChI is InChI=1S/C21H22FN3O3/c1-24(2)19-10-6-9-17(22)16(19)13-25-20(12-18(23-25)21(26)28-4)14-7-5-8-15(11-14)27-3/h5-12H,13H2,1-4H3. The normalized spacial score (nSPS) is 10.6. The minimum absolute atomic E-state index is 0.156. The first-order valence-electron chi connectivity index (χ1n) is 8.70. The first-order chi connectivity index (χ1) is 13.4. The van der Waals surface area contributed by atoms with Gasteiger partial charge < -0.3 is 14.4 Å². The third-order valence-electron chi connectivity index (χ3n) is 4.42. The second-order valence-electron chi connectivity index (χ2n) is 6.43. The van der Waals surface area contributed by atoms with Crippen molar-refractivity contribution in [1.29, 1.82) is 0 Å². The van der Waals surface area contributed by atoms with E-state index in [9.17, 15) is 9.18 Å². The summed E-state index contributed by atoms with van der Waals surface area (Å²) in [6.45, 7) is 0.156. The molecule has 0 aliphatic carbocycles.